The number of rotatable bonds is 8. The predicted octanol–water partition coefficient (Wildman–Crippen LogP) is 3.64. The van der Waals surface area contributed by atoms with E-state index in [9.17, 15) is 14.0 Å². The standard InChI is InChI=1S/C21H25FN2O3/c1-15(2)27-20-11-7-6-10-19(20)23-21(26)14-24(16(3)25)13-12-17-8-4-5-9-18(17)22/h4-11,15H,12-14H2,1-3H3,(H,23,26). The van der Waals surface area contributed by atoms with Crippen LogP contribution in [0.3, 0.4) is 0 Å². The fraction of sp³-hybridized carbons (Fsp3) is 0.333. The molecule has 6 heteroatoms. The Balaban J connectivity index is 1.99. The number of ether oxygens (including phenoxy) is 1. The van der Waals surface area contributed by atoms with Crippen LogP contribution in [0.5, 0.6) is 5.75 Å². The van der Waals surface area contributed by atoms with Crippen molar-refractivity contribution in [3.8, 4) is 5.75 Å². The summed E-state index contributed by atoms with van der Waals surface area (Å²) in [5.41, 5.74) is 1.06. The summed E-state index contributed by atoms with van der Waals surface area (Å²) in [4.78, 5) is 25.7. The van der Waals surface area contributed by atoms with Gasteiger partial charge in [0.25, 0.3) is 0 Å². The second-order valence-corrected chi connectivity index (χ2v) is 6.49. The van der Waals surface area contributed by atoms with Crippen molar-refractivity contribution >= 4 is 17.5 Å². The topological polar surface area (TPSA) is 58.6 Å². The Morgan fingerprint density at radius 3 is 2.44 bits per heavy atom. The van der Waals surface area contributed by atoms with E-state index in [2.05, 4.69) is 5.32 Å². The quantitative estimate of drug-likeness (QED) is 0.770. The lowest BCUT2D eigenvalue weighted by molar-refractivity contribution is -0.132. The number of carbonyl (C=O) groups excluding carboxylic acids is 2. The maximum atomic E-state index is 13.7. The molecule has 0 aliphatic carbocycles. The molecule has 2 amide bonds. The van der Waals surface area contributed by atoms with Gasteiger partial charge in [-0.3, -0.25) is 9.59 Å². The van der Waals surface area contributed by atoms with Crippen molar-refractivity contribution in [2.75, 3.05) is 18.4 Å². The average Bonchev–Trinajstić information content (AvgIpc) is 2.61. The van der Waals surface area contributed by atoms with Crippen molar-refractivity contribution in [1.29, 1.82) is 0 Å². The number of halogens is 1. The van der Waals surface area contributed by atoms with Crippen LogP contribution < -0.4 is 10.1 Å². The van der Waals surface area contributed by atoms with Gasteiger partial charge in [-0.1, -0.05) is 30.3 Å². The van der Waals surface area contributed by atoms with Crippen molar-refractivity contribution < 1.29 is 18.7 Å². The highest BCUT2D eigenvalue weighted by Gasteiger charge is 2.16. The summed E-state index contributed by atoms with van der Waals surface area (Å²) in [6.07, 6.45) is 0.310. The van der Waals surface area contributed by atoms with Gasteiger partial charge in [0.05, 0.1) is 18.3 Å². The first kappa shape index (κ1) is 20.4. The summed E-state index contributed by atoms with van der Waals surface area (Å²) in [7, 11) is 0. The Morgan fingerprint density at radius 2 is 1.78 bits per heavy atom. The fourth-order valence-electron chi connectivity index (χ4n) is 2.59. The van der Waals surface area contributed by atoms with E-state index in [1.807, 2.05) is 19.9 Å². The molecule has 0 saturated heterocycles. The summed E-state index contributed by atoms with van der Waals surface area (Å²) in [6.45, 7) is 5.34. The minimum Gasteiger partial charge on any atom is -0.489 e. The van der Waals surface area contributed by atoms with E-state index in [4.69, 9.17) is 4.74 Å². The van der Waals surface area contributed by atoms with Crippen LogP contribution in [0.25, 0.3) is 0 Å². The van der Waals surface area contributed by atoms with Crippen LogP contribution in [0.2, 0.25) is 0 Å². The molecule has 0 radical (unpaired) electrons. The highest BCUT2D eigenvalue weighted by Crippen LogP contribution is 2.24. The molecule has 0 atom stereocenters. The van der Waals surface area contributed by atoms with Crippen molar-refractivity contribution in [3.05, 3.63) is 59.9 Å². The molecule has 144 valence electrons. The zero-order valence-electron chi connectivity index (χ0n) is 15.9. The fourth-order valence-corrected chi connectivity index (χ4v) is 2.59. The van der Waals surface area contributed by atoms with Crippen LogP contribution in [-0.4, -0.2) is 35.9 Å². The number of anilines is 1. The first-order valence-corrected chi connectivity index (χ1v) is 8.91. The molecule has 27 heavy (non-hydrogen) atoms. The number of carbonyl (C=O) groups is 2. The predicted molar refractivity (Wildman–Crippen MR) is 103 cm³/mol. The molecule has 1 N–H and O–H groups in total. The molecule has 0 saturated carbocycles. The Labute approximate surface area is 159 Å². The minimum atomic E-state index is -0.335. The van der Waals surface area contributed by atoms with Crippen LogP contribution in [0, 0.1) is 5.82 Å². The van der Waals surface area contributed by atoms with E-state index in [0.717, 1.165) is 0 Å². The second kappa shape index (κ2) is 9.71. The van der Waals surface area contributed by atoms with Gasteiger partial charge in [-0.15, -0.1) is 0 Å². The van der Waals surface area contributed by atoms with Crippen molar-refractivity contribution in [2.45, 2.75) is 33.3 Å². The summed E-state index contributed by atoms with van der Waals surface area (Å²) in [5, 5.41) is 2.78. The van der Waals surface area contributed by atoms with Crippen molar-refractivity contribution in [1.82, 2.24) is 4.90 Å². The zero-order valence-corrected chi connectivity index (χ0v) is 15.9. The highest BCUT2D eigenvalue weighted by atomic mass is 19.1. The lowest BCUT2D eigenvalue weighted by atomic mass is 10.1. The van der Waals surface area contributed by atoms with Crippen LogP contribution in [0.1, 0.15) is 26.3 Å². The summed E-state index contributed by atoms with van der Waals surface area (Å²) in [6, 6.07) is 13.6. The molecule has 0 heterocycles. The van der Waals surface area contributed by atoms with Gasteiger partial charge in [-0.05, 0) is 44.0 Å². The Kier molecular flexibility index (Phi) is 7.34. The molecule has 0 spiro atoms. The normalized spacial score (nSPS) is 10.6. The smallest absolute Gasteiger partial charge is 0.244 e. The van der Waals surface area contributed by atoms with Gasteiger partial charge in [0.2, 0.25) is 11.8 Å². The Hall–Kier alpha value is -2.89. The molecular formula is C21H25FN2O3. The molecule has 0 bridgehead atoms. The van der Waals surface area contributed by atoms with Crippen LogP contribution >= 0.6 is 0 Å². The summed E-state index contributed by atoms with van der Waals surface area (Å²) >= 11 is 0. The number of para-hydroxylation sites is 2. The van der Waals surface area contributed by atoms with E-state index in [0.29, 0.717) is 23.4 Å². The zero-order chi connectivity index (χ0) is 19.8. The largest absolute Gasteiger partial charge is 0.489 e. The summed E-state index contributed by atoms with van der Waals surface area (Å²) < 4.78 is 19.4. The van der Waals surface area contributed by atoms with E-state index < -0.39 is 0 Å². The van der Waals surface area contributed by atoms with Gasteiger partial charge in [-0.25, -0.2) is 4.39 Å². The number of nitrogens with zero attached hydrogens (tertiary/aromatic N) is 1. The highest BCUT2D eigenvalue weighted by molar-refractivity contribution is 5.95. The Morgan fingerprint density at radius 1 is 1.11 bits per heavy atom. The molecule has 2 aromatic carbocycles. The number of hydrogen-bond donors (Lipinski definition) is 1. The van der Waals surface area contributed by atoms with Gasteiger partial charge in [0, 0.05) is 13.5 Å². The maximum absolute atomic E-state index is 13.7. The second-order valence-electron chi connectivity index (χ2n) is 6.49. The SMILES string of the molecule is CC(=O)N(CCc1ccccc1F)CC(=O)Nc1ccccc1OC(C)C. The van der Waals surface area contributed by atoms with Gasteiger partial charge < -0.3 is 15.0 Å². The third kappa shape index (κ3) is 6.40. The maximum Gasteiger partial charge on any atom is 0.244 e. The van der Waals surface area contributed by atoms with E-state index in [1.165, 1.54) is 17.9 Å². The average molecular weight is 372 g/mol. The third-order valence-corrected chi connectivity index (χ3v) is 3.91. The van der Waals surface area contributed by atoms with Gasteiger partial charge in [0.1, 0.15) is 11.6 Å². The number of nitrogens with one attached hydrogen (secondary N) is 1. The molecule has 0 aliphatic heterocycles. The molecule has 5 nitrogen and oxygen atoms in total. The molecular weight excluding hydrogens is 347 g/mol. The molecule has 0 aliphatic rings. The molecule has 2 rings (SSSR count). The minimum absolute atomic E-state index is 0.0301. The van der Waals surface area contributed by atoms with Gasteiger partial charge in [-0.2, -0.15) is 0 Å². The monoisotopic (exact) mass is 372 g/mol. The number of amides is 2. The van der Waals surface area contributed by atoms with Gasteiger partial charge in [0.15, 0.2) is 0 Å². The Bertz CT molecular complexity index is 793. The van der Waals surface area contributed by atoms with E-state index in [1.54, 1.807) is 36.4 Å². The number of benzene rings is 2. The molecule has 2 aromatic rings. The third-order valence-electron chi connectivity index (χ3n) is 3.91. The van der Waals surface area contributed by atoms with E-state index in [-0.39, 0.29) is 36.8 Å². The first-order chi connectivity index (χ1) is 12.9. The van der Waals surface area contributed by atoms with E-state index >= 15 is 0 Å². The number of hydrogen-bond acceptors (Lipinski definition) is 3. The lowest BCUT2D eigenvalue weighted by Crippen LogP contribution is -2.38. The van der Waals surface area contributed by atoms with Crippen molar-refractivity contribution in [3.63, 3.8) is 0 Å². The van der Waals surface area contributed by atoms with Crippen LogP contribution in [-0.2, 0) is 16.0 Å². The van der Waals surface area contributed by atoms with Gasteiger partial charge >= 0.3 is 0 Å². The summed E-state index contributed by atoms with van der Waals surface area (Å²) in [5.74, 6) is -0.321. The molecule has 0 unspecified atom stereocenters. The molecule has 0 fully saturated rings. The van der Waals surface area contributed by atoms with Crippen molar-refractivity contribution in [2.24, 2.45) is 0 Å². The van der Waals surface area contributed by atoms with Crippen LogP contribution in [0.15, 0.2) is 48.5 Å². The van der Waals surface area contributed by atoms with Crippen LogP contribution in [0.4, 0.5) is 10.1 Å². The molecule has 0 aromatic heterocycles. The first-order valence-electron chi connectivity index (χ1n) is 8.91. The lowest BCUT2D eigenvalue weighted by Gasteiger charge is -2.21.